The van der Waals surface area contributed by atoms with Gasteiger partial charge in [-0.25, -0.2) is 0 Å². The Morgan fingerprint density at radius 2 is 1.56 bits per heavy atom. The minimum atomic E-state index is 0.141. The summed E-state index contributed by atoms with van der Waals surface area (Å²) in [6.07, 6.45) is 6.48. The maximum atomic E-state index is 11.9. The van der Waals surface area contributed by atoms with Gasteiger partial charge in [0.25, 0.3) is 0 Å². The van der Waals surface area contributed by atoms with E-state index in [0.29, 0.717) is 31.6 Å². The molecule has 0 bridgehead atoms. The third kappa shape index (κ3) is 13.4. The number of amides is 1. The molecule has 27 heavy (non-hydrogen) atoms. The van der Waals surface area contributed by atoms with Gasteiger partial charge in [-0.05, 0) is 43.7 Å². The van der Waals surface area contributed by atoms with Crippen molar-refractivity contribution >= 4 is 5.91 Å². The van der Waals surface area contributed by atoms with Gasteiger partial charge >= 0.3 is 0 Å². The van der Waals surface area contributed by atoms with E-state index in [0.717, 1.165) is 38.0 Å². The Balaban J connectivity index is 2.05. The number of ether oxygens (including phenoxy) is 2. The molecule has 0 radical (unpaired) electrons. The molecule has 1 aromatic rings. The number of unbranched alkanes of at least 4 members (excludes halogenated alkanes) is 4. The van der Waals surface area contributed by atoms with Gasteiger partial charge in [-0.1, -0.05) is 57.4 Å². The van der Waals surface area contributed by atoms with Crippen LogP contribution in [0.2, 0.25) is 0 Å². The zero-order valence-corrected chi connectivity index (χ0v) is 17.8. The molecule has 1 aromatic carbocycles. The molecule has 0 heterocycles. The molecule has 0 aliphatic heterocycles. The van der Waals surface area contributed by atoms with Crippen LogP contribution >= 0.6 is 0 Å². The average Bonchev–Trinajstić information content (AvgIpc) is 2.62. The highest BCUT2D eigenvalue weighted by molar-refractivity contribution is 5.75. The molecule has 0 aliphatic rings. The summed E-state index contributed by atoms with van der Waals surface area (Å²) in [6.45, 7) is 11.3. The van der Waals surface area contributed by atoms with Gasteiger partial charge in [-0.15, -0.1) is 0 Å². The second kappa shape index (κ2) is 14.6. The van der Waals surface area contributed by atoms with E-state index in [-0.39, 0.29) is 5.91 Å². The van der Waals surface area contributed by atoms with E-state index in [9.17, 15) is 4.79 Å². The fraction of sp³-hybridized carbons (Fsp3) is 0.696. The minimum absolute atomic E-state index is 0.141. The number of hydrogen-bond acceptors (Lipinski definition) is 3. The van der Waals surface area contributed by atoms with Gasteiger partial charge in [-0.2, -0.15) is 0 Å². The maximum Gasteiger partial charge on any atom is 0.220 e. The molecule has 0 aromatic heterocycles. The third-order valence-corrected chi connectivity index (χ3v) is 4.23. The van der Waals surface area contributed by atoms with Crippen LogP contribution in [0.15, 0.2) is 24.3 Å². The van der Waals surface area contributed by atoms with Crippen LogP contribution < -0.4 is 5.32 Å². The molecule has 0 fully saturated rings. The summed E-state index contributed by atoms with van der Waals surface area (Å²) in [5.41, 5.74) is 2.30. The molecule has 0 aliphatic carbocycles. The summed E-state index contributed by atoms with van der Waals surface area (Å²) in [4.78, 5) is 11.9. The van der Waals surface area contributed by atoms with Crippen molar-refractivity contribution in [2.75, 3.05) is 13.2 Å². The highest BCUT2D eigenvalue weighted by Gasteiger charge is 2.02. The molecule has 0 unspecified atom stereocenters. The van der Waals surface area contributed by atoms with Crippen molar-refractivity contribution in [3.05, 3.63) is 35.4 Å². The maximum absolute atomic E-state index is 11.9. The first kappa shape index (κ1) is 23.6. The van der Waals surface area contributed by atoms with Gasteiger partial charge in [0.15, 0.2) is 0 Å². The summed E-state index contributed by atoms with van der Waals surface area (Å²) in [5, 5.41) is 3.01. The van der Waals surface area contributed by atoms with Gasteiger partial charge < -0.3 is 14.8 Å². The second-order valence-electron chi connectivity index (χ2n) is 7.94. The second-order valence-corrected chi connectivity index (χ2v) is 7.94. The zero-order valence-electron chi connectivity index (χ0n) is 17.8. The summed E-state index contributed by atoms with van der Waals surface area (Å²) in [7, 11) is 0. The normalized spacial score (nSPS) is 11.3. The van der Waals surface area contributed by atoms with Crippen molar-refractivity contribution in [3.8, 4) is 0 Å². The Morgan fingerprint density at radius 3 is 2.22 bits per heavy atom. The predicted octanol–water partition coefficient (Wildman–Crippen LogP) is 5.24. The summed E-state index contributed by atoms with van der Waals surface area (Å²) in [6, 6.07) is 8.27. The van der Waals surface area contributed by atoms with Crippen LogP contribution in [0.1, 0.15) is 77.3 Å². The third-order valence-electron chi connectivity index (χ3n) is 4.23. The monoisotopic (exact) mass is 377 g/mol. The number of carbonyl (C=O) groups is 1. The molecule has 4 heteroatoms. The largest absolute Gasteiger partial charge is 0.379 e. The standard InChI is InChI=1S/C23H39NO3/c1-19(2)17-26-18-22-13-11-21(12-14-22)16-24-23(25)10-8-6-5-7-9-15-27-20(3)4/h11-14,19-20H,5-10,15-18H2,1-4H3,(H,24,25). The number of benzene rings is 1. The molecule has 0 saturated carbocycles. The zero-order chi connectivity index (χ0) is 19.9. The van der Waals surface area contributed by atoms with Gasteiger partial charge in [0.1, 0.15) is 0 Å². The summed E-state index contributed by atoms with van der Waals surface area (Å²) in [5.74, 6) is 0.695. The average molecular weight is 378 g/mol. The van der Waals surface area contributed by atoms with E-state index < -0.39 is 0 Å². The van der Waals surface area contributed by atoms with Crippen LogP contribution in [0.4, 0.5) is 0 Å². The van der Waals surface area contributed by atoms with Gasteiger partial charge in [0, 0.05) is 26.2 Å². The Morgan fingerprint density at radius 1 is 0.926 bits per heavy atom. The van der Waals surface area contributed by atoms with Crippen molar-refractivity contribution in [2.45, 2.75) is 85.5 Å². The first-order valence-corrected chi connectivity index (χ1v) is 10.5. The van der Waals surface area contributed by atoms with Crippen LogP contribution in [0.3, 0.4) is 0 Å². The van der Waals surface area contributed by atoms with Crippen LogP contribution in [0.25, 0.3) is 0 Å². The molecular weight excluding hydrogens is 338 g/mol. The lowest BCUT2D eigenvalue weighted by Crippen LogP contribution is -2.22. The van der Waals surface area contributed by atoms with E-state index in [4.69, 9.17) is 9.47 Å². The van der Waals surface area contributed by atoms with Crippen molar-refractivity contribution in [3.63, 3.8) is 0 Å². The van der Waals surface area contributed by atoms with E-state index in [2.05, 4.69) is 57.3 Å². The predicted molar refractivity (Wildman–Crippen MR) is 112 cm³/mol. The van der Waals surface area contributed by atoms with E-state index >= 15 is 0 Å². The van der Waals surface area contributed by atoms with Crippen molar-refractivity contribution in [1.82, 2.24) is 5.32 Å². The molecule has 1 amide bonds. The molecule has 1 N–H and O–H groups in total. The van der Waals surface area contributed by atoms with Crippen LogP contribution in [-0.4, -0.2) is 25.2 Å². The van der Waals surface area contributed by atoms with Crippen LogP contribution in [0.5, 0.6) is 0 Å². The van der Waals surface area contributed by atoms with E-state index in [1.54, 1.807) is 0 Å². The van der Waals surface area contributed by atoms with Gasteiger partial charge in [0.2, 0.25) is 5.91 Å². The smallest absolute Gasteiger partial charge is 0.220 e. The van der Waals surface area contributed by atoms with Crippen molar-refractivity contribution in [1.29, 1.82) is 0 Å². The Kier molecular flexibility index (Phi) is 12.8. The Bertz CT molecular complexity index is 497. The number of rotatable bonds is 15. The number of carbonyl (C=O) groups excluding carboxylic acids is 1. The molecule has 0 atom stereocenters. The van der Waals surface area contributed by atoms with Crippen LogP contribution in [0, 0.1) is 5.92 Å². The Labute approximate surface area is 166 Å². The van der Waals surface area contributed by atoms with Gasteiger partial charge in [0.05, 0.1) is 12.7 Å². The fourth-order valence-corrected chi connectivity index (χ4v) is 2.69. The quantitative estimate of drug-likeness (QED) is 0.425. The molecular formula is C23H39NO3. The van der Waals surface area contributed by atoms with E-state index in [1.807, 2.05) is 0 Å². The highest BCUT2D eigenvalue weighted by Crippen LogP contribution is 2.08. The lowest BCUT2D eigenvalue weighted by Gasteiger charge is -2.09. The Hall–Kier alpha value is -1.39. The van der Waals surface area contributed by atoms with Crippen LogP contribution in [-0.2, 0) is 27.4 Å². The topological polar surface area (TPSA) is 47.6 Å². The van der Waals surface area contributed by atoms with E-state index in [1.165, 1.54) is 18.4 Å². The number of nitrogens with one attached hydrogen (secondary N) is 1. The lowest BCUT2D eigenvalue weighted by atomic mass is 10.1. The molecule has 0 saturated heterocycles. The fourth-order valence-electron chi connectivity index (χ4n) is 2.69. The first-order valence-electron chi connectivity index (χ1n) is 10.5. The molecule has 4 nitrogen and oxygen atoms in total. The lowest BCUT2D eigenvalue weighted by molar-refractivity contribution is -0.121. The van der Waals surface area contributed by atoms with Gasteiger partial charge in [-0.3, -0.25) is 4.79 Å². The highest BCUT2D eigenvalue weighted by atomic mass is 16.5. The SMILES string of the molecule is CC(C)COCc1ccc(CNC(=O)CCCCCCCOC(C)C)cc1. The first-order chi connectivity index (χ1) is 13.0. The number of hydrogen-bond donors (Lipinski definition) is 1. The minimum Gasteiger partial charge on any atom is -0.379 e. The summed E-state index contributed by atoms with van der Waals surface area (Å²) < 4.78 is 11.2. The van der Waals surface area contributed by atoms with Crippen molar-refractivity contribution < 1.29 is 14.3 Å². The summed E-state index contributed by atoms with van der Waals surface area (Å²) >= 11 is 0. The molecule has 0 spiro atoms. The molecule has 1 rings (SSSR count). The van der Waals surface area contributed by atoms with Crippen molar-refractivity contribution in [2.24, 2.45) is 5.92 Å². The molecule has 154 valence electrons.